The van der Waals surface area contributed by atoms with Gasteiger partial charge in [0, 0.05) is 15.9 Å². The molecule has 1 aliphatic rings. The van der Waals surface area contributed by atoms with Crippen molar-refractivity contribution in [3.63, 3.8) is 0 Å². The third-order valence-corrected chi connectivity index (χ3v) is 5.13. The molecule has 2 aromatic rings. The largest absolute Gasteiger partial charge is 0.368 e. The van der Waals surface area contributed by atoms with Crippen LogP contribution in [0.5, 0.6) is 0 Å². The molecule has 0 spiro atoms. The van der Waals surface area contributed by atoms with Gasteiger partial charge < -0.3 is 5.73 Å². The Morgan fingerprint density at radius 2 is 2.35 bits per heavy atom. The third-order valence-electron chi connectivity index (χ3n) is 2.59. The molecule has 3 N–H and O–H groups in total. The van der Waals surface area contributed by atoms with Crippen molar-refractivity contribution >= 4 is 29.5 Å². The lowest BCUT2D eigenvalue weighted by atomic mass is 10.1. The highest BCUT2D eigenvalue weighted by Gasteiger charge is 2.22. The number of nitrogens with one attached hydrogen (secondary N) is 1. The van der Waals surface area contributed by atoms with Crippen molar-refractivity contribution in [1.29, 1.82) is 0 Å². The minimum atomic E-state index is 0.384. The monoisotopic (exact) mass is 264 g/mol. The highest BCUT2D eigenvalue weighted by Crippen LogP contribution is 2.38. The van der Waals surface area contributed by atoms with Gasteiger partial charge in [-0.15, -0.1) is 16.9 Å². The summed E-state index contributed by atoms with van der Waals surface area (Å²) in [4.78, 5) is 5.50. The summed E-state index contributed by atoms with van der Waals surface area (Å²) in [5.74, 6) is 1.39. The molecule has 0 bridgehead atoms. The van der Waals surface area contributed by atoms with E-state index in [0.717, 1.165) is 17.3 Å². The first-order chi connectivity index (χ1) is 8.31. The van der Waals surface area contributed by atoms with Crippen molar-refractivity contribution in [2.24, 2.45) is 0 Å². The first-order valence-corrected chi connectivity index (χ1v) is 7.23. The maximum atomic E-state index is 5.48. The SMILES string of the molecule is Nc1nc(SCC2Cc3ccccc3S2)n[nH]1. The van der Waals surface area contributed by atoms with Crippen molar-refractivity contribution < 1.29 is 0 Å². The summed E-state index contributed by atoms with van der Waals surface area (Å²) >= 11 is 3.60. The number of thioether (sulfide) groups is 2. The highest BCUT2D eigenvalue weighted by atomic mass is 32.2. The van der Waals surface area contributed by atoms with Gasteiger partial charge in [-0.2, -0.15) is 4.98 Å². The predicted molar refractivity (Wildman–Crippen MR) is 71.3 cm³/mol. The molecule has 17 heavy (non-hydrogen) atoms. The number of nitrogen functional groups attached to an aromatic ring is 1. The number of benzene rings is 1. The van der Waals surface area contributed by atoms with Crippen LogP contribution in [0.15, 0.2) is 34.3 Å². The molecular formula is C11H12N4S2. The van der Waals surface area contributed by atoms with Crippen LogP contribution in [0.25, 0.3) is 0 Å². The second-order valence-corrected chi connectivity index (χ2v) is 6.20. The van der Waals surface area contributed by atoms with Gasteiger partial charge in [-0.3, -0.25) is 0 Å². The number of aromatic nitrogens is 3. The number of fused-ring (bicyclic) bond motifs is 1. The van der Waals surface area contributed by atoms with Crippen molar-refractivity contribution in [2.75, 3.05) is 11.5 Å². The molecule has 0 saturated carbocycles. The van der Waals surface area contributed by atoms with Crippen molar-refractivity contribution in [2.45, 2.75) is 21.7 Å². The Bertz CT molecular complexity index is 501. The van der Waals surface area contributed by atoms with Crippen LogP contribution in [0.3, 0.4) is 0 Å². The van der Waals surface area contributed by atoms with E-state index in [2.05, 4.69) is 39.4 Å². The summed E-state index contributed by atoms with van der Waals surface area (Å²) in [5, 5.41) is 8.01. The molecule has 2 heterocycles. The molecule has 1 aromatic carbocycles. The van der Waals surface area contributed by atoms with Gasteiger partial charge in [-0.25, -0.2) is 5.10 Å². The number of hydrogen-bond acceptors (Lipinski definition) is 5. The molecule has 1 atom stereocenters. The van der Waals surface area contributed by atoms with Crippen LogP contribution in [-0.2, 0) is 6.42 Å². The van der Waals surface area contributed by atoms with Crippen LogP contribution in [0.1, 0.15) is 5.56 Å². The van der Waals surface area contributed by atoms with Gasteiger partial charge in [0.15, 0.2) is 0 Å². The number of rotatable bonds is 3. The molecule has 1 aliphatic heterocycles. The van der Waals surface area contributed by atoms with Crippen molar-refractivity contribution in [3.05, 3.63) is 29.8 Å². The van der Waals surface area contributed by atoms with Crippen LogP contribution in [0.4, 0.5) is 5.95 Å². The van der Waals surface area contributed by atoms with Crippen molar-refractivity contribution in [3.8, 4) is 0 Å². The number of anilines is 1. The first-order valence-electron chi connectivity index (χ1n) is 5.36. The topological polar surface area (TPSA) is 67.6 Å². The fourth-order valence-corrected chi connectivity index (χ4v) is 4.12. The van der Waals surface area contributed by atoms with E-state index < -0.39 is 0 Å². The Morgan fingerprint density at radius 1 is 1.47 bits per heavy atom. The second-order valence-electron chi connectivity index (χ2n) is 3.87. The van der Waals surface area contributed by atoms with Gasteiger partial charge in [0.1, 0.15) is 0 Å². The zero-order valence-electron chi connectivity index (χ0n) is 9.09. The molecule has 88 valence electrons. The Hall–Kier alpha value is -1.14. The molecule has 0 amide bonds. The fraction of sp³-hybridized carbons (Fsp3) is 0.273. The van der Waals surface area contributed by atoms with Crippen LogP contribution >= 0.6 is 23.5 Å². The number of aromatic amines is 1. The van der Waals surface area contributed by atoms with Crippen LogP contribution in [0, 0.1) is 0 Å². The number of nitrogens with zero attached hydrogens (tertiary/aromatic N) is 2. The van der Waals surface area contributed by atoms with Gasteiger partial charge in [-0.1, -0.05) is 30.0 Å². The molecule has 3 rings (SSSR count). The van der Waals surface area contributed by atoms with E-state index in [1.54, 1.807) is 11.8 Å². The van der Waals surface area contributed by atoms with E-state index in [4.69, 9.17) is 5.73 Å². The second kappa shape index (κ2) is 4.62. The number of hydrogen-bond donors (Lipinski definition) is 2. The maximum Gasteiger partial charge on any atom is 0.216 e. The predicted octanol–water partition coefficient (Wildman–Crippen LogP) is 2.20. The Balaban J connectivity index is 1.59. The summed E-state index contributed by atoms with van der Waals surface area (Å²) in [6.07, 6.45) is 1.13. The lowest BCUT2D eigenvalue weighted by Crippen LogP contribution is -2.04. The van der Waals surface area contributed by atoms with Crippen LogP contribution in [-0.4, -0.2) is 26.2 Å². The quantitative estimate of drug-likeness (QED) is 0.832. The first kappa shape index (κ1) is 11.0. The lowest BCUT2D eigenvalue weighted by molar-refractivity contribution is 0.947. The van der Waals surface area contributed by atoms with E-state index in [-0.39, 0.29) is 0 Å². The lowest BCUT2D eigenvalue weighted by Gasteiger charge is -2.04. The zero-order valence-corrected chi connectivity index (χ0v) is 10.7. The summed E-state index contributed by atoms with van der Waals surface area (Å²) in [6, 6.07) is 8.59. The average Bonchev–Trinajstić information content (AvgIpc) is 2.91. The minimum Gasteiger partial charge on any atom is -0.368 e. The van der Waals surface area contributed by atoms with E-state index in [1.807, 2.05) is 11.8 Å². The fourth-order valence-electron chi connectivity index (χ4n) is 1.84. The van der Waals surface area contributed by atoms with Gasteiger partial charge in [0.25, 0.3) is 0 Å². The van der Waals surface area contributed by atoms with Crippen LogP contribution < -0.4 is 5.73 Å². The van der Waals surface area contributed by atoms with E-state index >= 15 is 0 Å². The summed E-state index contributed by atoms with van der Waals surface area (Å²) in [6.45, 7) is 0. The van der Waals surface area contributed by atoms with Crippen LogP contribution in [0.2, 0.25) is 0 Å². The van der Waals surface area contributed by atoms with Gasteiger partial charge in [0.05, 0.1) is 0 Å². The highest BCUT2D eigenvalue weighted by molar-refractivity contribution is 8.03. The van der Waals surface area contributed by atoms with Gasteiger partial charge in [-0.05, 0) is 18.1 Å². The maximum absolute atomic E-state index is 5.48. The molecule has 1 unspecified atom stereocenters. The van der Waals surface area contributed by atoms with Gasteiger partial charge in [0.2, 0.25) is 11.1 Å². The minimum absolute atomic E-state index is 0.384. The molecule has 0 aliphatic carbocycles. The average molecular weight is 264 g/mol. The Morgan fingerprint density at radius 3 is 3.12 bits per heavy atom. The van der Waals surface area contributed by atoms with E-state index in [9.17, 15) is 0 Å². The normalized spacial score (nSPS) is 18.2. The van der Waals surface area contributed by atoms with E-state index in [1.165, 1.54) is 10.5 Å². The Labute approximate surface area is 108 Å². The summed E-state index contributed by atoms with van der Waals surface area (Å²) in [7, 11) is 0. The standard InChI is InChI=1S/C11H12N4S2/c12-10-13-11(15-14-10)16-6-8-5-7-3-1-2-4-9(7)17-8/h1-4,8H,5-6H2,(H3,12,13,14,15). The van der Waals surface area contributed by atoms with Crippen molar-refractivity contribution in [1.82, 2.24) is 15.2 Å². The number of nitrogens with two attached hydrogens (primary N) is 1. The molecule has 1 aromatic heterocycles. The molecule has 0 fully saturated rings. The van der Waals surface area contributed by atoms with E-state index in [0.29, 0.717) is 11.2 Å². The Kier molecular flexibility index (Phi) is 2.98. The number of H-pyrrole nitrogens is 1. The molecule has 0 saturated heterocycles. The summed E-state index contributed by atoms with van der Waals surface area (Å²) < 4.78 is 0. The summed E-state index contributed by atoms with van der Waals surface area (Å²) in [5.41, 5.74) is 6.94. The smallest absolute Gasteiger partial charge is 0.216 e. The molecule has 4 nitrogen and oxygen atoms in total. The molecule has 6 heteroatoms. The zero-order chi connectivity index (χ0) is 11.7. The molecule has 0 radical (unpaired) electrons. The molecular weight excluding hydrogens is 252 g/mol. The third kappa shape index (κ3) is 2.42. The van der Waals surface area contributed by atoms with Gasteiger partial charge >= 0.3 is 0 Å².